The molecule has 1 heterocycles. The maximum absolute atomic E-state index is 12.5. The Morgan fingerprint density at radius 1 is 1.29 bits per heavy atom. The van der Waals surface area contributed by atoms with Gasteiger partial charge in [-0.1, -0.05) is 17.4 Å². The Kier molecular flexibility index (Phi) is 4.97. The van der Waals surface area contributed by atoms with E-state index in [4.69, 9.17) is 0 Å². The molecule has 0 unspecified atom stereocenters. The fourth-order valence-corrected chi connectivity index (χ4v) is 4.71. The highest BCUT2D eigenvalue weighted by Crippen LogP contribution is 2.29. The molecule has 9 heteroatoms. The zero-order valence-electron chi connectivity index (χ0n) is 11.8. The van der Waals surface area contributed by atoms with Gasteiger partial charge in [-0.2, -0.15) is 0 Å². The van der Waals surface area contributed by atoms with Gasteiger partial charge in [0.25, 0.3) is 10.0 Å². The first-order valence-corrected chi connectivity index (χ1v) is 9.19. The highest BCUT2D eigenvalue weighted by atomic mass is 79.9. The molecule has 0 amide bonds. The maximum atomic E-state index is 12.5. The van der Waals surface area contributed by atoms with Gasteiger partial charge in [-0.05, 0) is 54.0 Å². The summed E-state index contributed by atoms with van der Waals surface area (Å²) in [4.78, 5) is 0.195. The summed E-state index contributed by atoms with van der Waals surface area (Å²) in [5.41, 5.74) is 1.75. The molecule has 0 atom stereocenters. The number of anilines is 1. The van der Waals surface area contributed by atoms with Gasteiger partial charge in [0.05, 0.1) is 0 Å². The Balaban J connectivity index is 2.43. The topological polar surface area (TPSA) is 84.0 Å². The number of aryl methyl sites for hydroxylation is 2. The van der Waals surface area contributed by atoms with Crippen molar-refractivity contribution in [1.82, 2.24) is 15.5 Å². The van der Waals surface area contributed by atoms with Crippen LogP contribution in [0.2, 0.25) is 0 Å². The second-order valence-electron chi connectivity index (χ2n) is 4.49. The van der Waals surface area contributed by atoms with E-state index in [-0.39, 0.29) is 10.0 Å². The number of aromatic nitrogens is 2. The first-order chi connectivity index (χ1) is 9.83. The molecular formula is C12H15BrN4O2S2. The van der Waals surface area contributed by atoms with Crippen LogP contribution in [0.5, 0.6) is 0 Å². The van der Waals surface area contributed by atoms with E-state index >= 15 is 0 Å². The van der Waals surface area contributed by atoms with Crippen LogP contribution in [0.1, 0.15) is 16.1 Å². The molecule has 0 fully saturated rings. The monoisotopic (exact) mass is 390 g/mol. The minimum atomic E-state index is -3.71. The lowest BCUT2D eigenvalue weighted by molar-refractivity contribution is 0.600. The fourth-order valence-electron chi connectivity index (χ4n) is 1.82. The van der Waals surface area contributed by atoms with Crippen LogP contribution in [-0.2, 0) is 16.6 Å². The van der Waals surface area contributed by atoms with Crippen LogP contribution in [0.15, 0.2) is 21.5 Å². The molecule has 2 N–H and O–H groups in total. The van der Waals surface area contributed by atoms with Crippen LogP contribution in [-0.4, -0.2) is 25.7 Å². The van der Waals surface area contributed by atoms with Gasteiger partial charge in [0, 0.05) is 11.0 Å². The summed E-state index contributed by atoms with van der Waals surface area (Å²) in [5.74, 6) is 0. The summed E-state index contributed by atoms with van der Waals surface area (Å²) < 4.78 is 28.0. The lowest BCUT2D eigenvalue weighted by Gasteiger charge is -2.12. The number of rotatable bonds is 5. The van der Waals surface area contributed by atoms with Gasteiger partial charge in [0.2, 0.25) is 5.13 Å². The first-order valence-electron chi connectivity index (χ1n) is 6.10. The van der Waals surface area contributed by atoms with Crippen LogP contribution in [0.3, 0.4) is 0 Å². The van der Waals surface area contributed by atoms with Crippen LogP contribution in [0.4, 0.5) is 5.13 Å². The third kappa shape index (κ3) is 3.79. The first kappa shape index (κ1) is 16.3. The third-order valence-electron chi connectivity index (χ3n) is 2.70. The summed E-state index contributed by atoms with van der Waals surface area (Å²) in [6, 6.07) is 3.58. The summed E-state index contributed by atoms with van der Waals surface area (Å²) in [7, 11) is -1.90. The fraction of sp³-hybridized carbons (Fsp3) is 0.333. The van der Waals surface area contributed by atoms with E-state index in [2.05, 4.69) is 36.2 Å². The third-order valence-corrected chi connectivity index (χ3v) is 6.26. The molecule has 0 saturated carbocycles. The Morgan fingerprint density at radius 2 is 2.00 bits per heavy atom. The van der Waals surface area contributed by atoms with Crippen molar-refractivity contribution in [1.29, 1.82) is 0 Å². The van der Waals surface area contributed by atoms with Crippen molar-refractivity contribution in [3.05, 3.63) is 32.7 Å². The van der Waals surface area contributed by atoms with Gasteiger partial charge in [-0.25, -0.2) is 8.42 Å². The van der Waals surface area contributed by atoms with Crippen molar-refractivity contribution in [2.24, 2.45) is 0 Å². The number of benzene rings is 1. The maximum Gasteiger partial charge on any atom is 0.264 e. The van der Waals surface area contributed by atoms with Gasteiger partial charge >= 0.3 is 0 Å². The Hall–Kier alpha value is -1.03. The van der Waals surface area contributed by atoms with Crippen LogP contribution >= 0.6 is 27.3 Å². The summed E-state index contributed by atoms with van der Waals surface area (Å²) in [6.07, 6.45) is 0. The second-order valence-corrected chi connectivity index (χ2v) is 8.11. The van der Waals surface area contributed by atoms with Gasteiger partial charge in [-0.3, -0.25) is 4.72 Å². The average molecular weight is 391 g/mol. The largest absolute Gasteiger partial charge is 0.316 e. The van der Waals surface area contributed by atoms with Crippen LogP contribution in [0.25, 0.3) is 0 Å². The van der Waals surface area contributed by atoms with E-state index < -0.39 is 10.0 Å². The minimum Gasteiger partial charge on any atom is -0.316 e. The standard InChI is InChI=1S/C12H15BrN4O2S2/c1-7-4-9(6-14-3)5-10(11(7)13)21(18,19)17-12-16-15-8(2)20-12/h4-5,14H,6H2,1-3H3,(H,16,17). The molecule has 1 aromatic heterocycles. The van der Waals surface area contributed by atoms with E-state index in [9.17, 15) is 8.42 Å². The van der Waals surface area contributed by atoms with E-state index in [1.807, 2.05) is 20.0 Å². The predicted octanol–water partition coefficient (Wildman–Crippen LogP) is 2.44. The van der Waals surface area contributed by atoms with Crippen molar-refractivity contribution in [2.45, 2.75) is 25.3 Å². The molecule has 6 nitrogen and oxygen atoms in total. The SMILES string of the molecule is CNCc1cc(C)c(Br)c(S(=O)(=O)Nc2nnc(C)s2)c1. The molecular weight excluding hydrogens is 376 g/mol. The predicted molar refractivity (Wildman–Crippen MR) is 87.1 cm³/mol. The second kappa shape index (κ2) is 6.39. The lowest BCUT2D eigenvalue weighted by atomic mass is 10.1. The number of halogens is 1. The summed E-state index contributed by atoms with van der Waals surface area (Å²) in [5, 5.41) is 11.6. The van der Waals surface area contributed by atoms with Crippen molar-refractivity contribution in [3.63, 3.8) is 0 Å². The number of hydrogen-bond acceptors (Lipinski definition) is 6. The molecule has 2 aromatic rings. The molecule has 0 aliphatic carbocycles. The van der Waals surface area contributed by atoms with Gasteiger partial charge < -0.3 is 5.32 Å². The van der Waals surface area contributed by atoms with E-state index in [0.717, 1.165) is 11.1 Å². The average Bonchev–Trinajstić information content (AvgIpc) is 2.78. The van der Waals surface area contributed by atoms with Crippen LogP contribution in [0, 0.1) is 13.8 Å². The summed E-state index contributed by atoms with van der Waals surface area (Å²) in [6.45, 7) is 4.22. The van der Waals surface area contributed by atoms with Crippen molar-refractivity contribution in [3.8, 4) is 0 Å². The van der Waals surface area contributed by atoms with Crippen molar-refractivity contribution >= 4 is 42.4 Å². The lowest BCUT2D eigenvalue weighted by Crippen LogP contribution is -2.15. The number of nitrogens with one attached hydrogen (secondary N) is 2. The van der Waals surface area contributed by atoms with E-state index in [1.54, 1.807) is 13.0 Å². The molecule has 0 saturated heterocycles. The summed E-state index contributed by atoms with van der Waals surface area (Å²) >= 11 is 4.54. The molecule has 2 rings (SSSR count). The van der Waals surface area contributed by atoms with E-state index in [0.29, 0.717) is 16.0 Å². The molecule has 21 heavy (non-hydrogen) atoms. The molecule has 1 aromatic carbocycles. The minimum absolute atomic E-state index is 0.195. The number of nitrogens with zero attached hydrogens (tertiary/aromatic N) is 2. The van der Waals surface area contributed by atoms with E-state index in [1.165, 1.54) is 11.3 Å². The van der Waals surface area contributed by atoms with Crippen molar-refractivity contribution < 1.29 is 8.42 Å². The van der Waals surface area contributed by atoms with Gasteiger partial charge in [-0.15, -0.1) is 10.2 Å². The Morgan fingerprint density at radius 3 is 2.57 bits per heavy atom. The molecule has 0 spiro atoms. The molecule has 0 radical (unpaired) electrons. The number of hydrogen-bond donors (Lipinski definition) is 2. The van der Waals surface area contributed by atoms with Gasteiger partial charge in [0.15, 0.2) is 0 Å². The van der Waals surface area contributed by atoms with Crippen LogP contribution < -0.4 is 10.0 Å². The molecule has 0 aliphatic heterocycles. The molecule has 0 aliphatic rings. The highest BCUT2D eigenvalue weighted by Gasteiger charge is 2.21. The number of sulfonamides is 1. The quantitative estimate of drug-likeness (QED) is 0.818. The Labute approximate surface area is 136 Å². The molecule has 0 bridgehead atoms. The zero-order chi connectivity index (χ0) is 15.6. The van der Waals surface area contributed by atoms with Gasteiger partial charge in [0.1, 0.15) is 9.90 Å². The van der Waals surface area contributed by atoms with Crippen molar-refractivity contribution in [2.75, 3.05) is 11.8 Å². The smallest absolute Gasteiger partial charge is 0.264 e. The molecule has 114 valence electrons. The zero-order valence-corrected chi connectivity index (χ0v) is 15.0. The highest BCUT2D eigenvalue weighted by molar-refractivity contribution is 9.10. The normalized spacial score (nSPS) is 11.6. The Bertz CT molecular complexity index is 759.